The van der Waals surface area contributed by atoms with E-state index in [2.05, 4.69) is 5.10 Å². The fourth-order valence-corrected chi connectivity index (χ4v) is 2.18. The van der Waals surface area contributed by atoms with Crippen LogP contribution >= 0.6 is 0 Å². The van der Waals surface area contributed by atoms with Crippen molar-refractivity contribution < 1.29 is 22.7 Å². The highest BCUT2D eigenvalue weighted by molar-refractivity contribution is 5.91. The zero-order chi connectivity index (χ0) is 16.4. The summed E-state index contributed by atoms with van der Waals surface area (Å²) in [5.41, 5.74) is 0.791. The summed E-state index contributed by atoms with van der Waals surface area (Å²) in [6, 6.07) is 9.45. The SMILES string of the molecule is O=C1OCC=NN1c1ccc(-c2ccc(C(F)F)cc2)c(F)c1. The molecule has 0 N–H and O–H groups in total. The predicted molar refractivity (Wildman–Crippen MR) is 79.1 cm³/mol. The van der Waals surface area contributed by atoms with Crippen LogP contribution in [0.5, 0.6) is 0 Å². The fraction of sp³-hybridized carbons (Fsp3) is 0.125. The standard InChI is InChI=1S/C16H11F3N2O2/c17-14-9-12(21-16(22)23-8-7-20-21)5-6-13(14)10-1-3-11(4-2-10)15(18)19/h1-7,9,15H,8H2. The number of hydrogen-bond donors (Lipinski definition) is 0. The van der Waals surface area contributed by atoms with Gasteiger partial charge in [0, 0.05) is 17.2 Å². The van der Waals surface area contributed by atoms with Crippen LogP contribution in [0.4, 0.5) is 23.7 Å². The van der Waals surface area contributed by atoms with Crippen LogP contribution < -0.4 is 5.01 Å². The maximum absolute atomic E-state index is 14.3. The molecule has 2 aromatic carbocycles. The minimum absolute atomic E-state index is 0.0758. The first-order chi connectivity index (χ1) is 11.1. The van der Waals surface area contributed by atoms with E-state index in [1.54, 1.807) is 0 Å². The minimum atomic E-state index is -2.57. The van der Waals surface area contributed by atoms with Crippen LogP contribution in [0, 0.1) is 5.82 Å². The molecule has 0 aromatic heterocycles. The van der Waals surface area contributed by atoms with Gasteiger partial charge in [0.25, 0.3) is 6.43 Å². The molecule has 0 radical (unpaired) electrons. The average Bonchev–Trinajstić information content (AvgIpc) is 2.55. The zero-order valence-corrected chi connectivity index (χ0v) is 11.7. The Morgan fingerprint density at radius 3 is 2.48 bits per heavy atom. The van der Waals surface area contributed by atoms with Crippen LogP contribution in [0.2, 0.25) is 0 Å². The lowest BCUT2D eigenvalue weighted by atomic mass is 10.0. The molecule has 0 aliphatic carbocycles. The molecule has 4 nitrogen and oxygen atoms in total. The van der Waals surface area contributed by atoms with Crippen LogP contribution in [0.15, 0.2) is 47.6 Å². The van der Waals surface area contributed by atoms with Crippen molar-refractivity contribution in [3.05, 3.63) is 53.8 Å². The van der Waals surface area contributed by atoms with Crippen molar-refractivity contribution >= 4 is 18.0 Å². The largest absolute Gasteiger partial charge is 0.442 e. The smallest absolute Gasteiger partial charge is 0.435 e. The number of halogens is 3. The number of hydrogen-bond acceptors (Lipinski definition) is 3. The van der Waals surface area contributed by atoms with Gasteiger partial charge < -0.3 is 4.74 Å². The first-order valence-electron chi connectivity index (χ1n) is 6.73. The number of rotatable bonds is 3. The summed E-state index contributed by atoms with van der Waals surface area (Å²) in [5.74, 6) is -0.596. The number of alkyl halides is 2. The highest BCUT2D eigenvalue weighted by Crippen LogP contribution is 2.29. The molecule has 0 saturated heterocycles. The third-order valence-electron chi connectivity index (χ3n) is 3.32. The van der Waals surface area contributed by atoms with Crippen molar-refractivity contribution in [3.8, 4) is 11.1 Å². The van der Waals surface area contributed by atoms with Crippen molar-refractivity contribution in [2.75, 3.05) is 11.6 Å². The van der Waals surface area contributed by atoms with Gasteiger partial charge in [-0.2, -0.15) is 10.1 Å². The van der Waals surface area contributed by atoms with E-state index in [-0.39, 0.29) is 23.4 Å². The van der Waals surface area contributed by atoms with Gasteiger partial charge >= 0.3 is 6.09 Å². The summed E-state index contributed by atoms with van der Waals surface area (Å²) in [5, 5.41) is 4.78. The highest BCUT2D eigenvalue weighted by Gasteiger charge is 2.20. The molecule has 118 valence electrons. The molecule has 7 heteroatoms. The molecule has 3 rings (SSSR count). The second kappa shape index (κ2) is 6.12. The molecule has 1 amide bonds. The van der Waals surface area contributed by atoms with Gasteiger partial charge in [0.15, 0.2) is 0 Å². The van der Waals surface area contributed by atoms with E-state index in [0.717, 1.165) is 11.1 Å². The number of amides is 1. The number of anilines is 1. The quantitative estimate of drug-likeness (QED) is 0.842. The Balaban J connectivity index is 1.91. The Labute approximate surface area is 129 Å². The molecule has 2 aromatic rings. The van der Waals surface area contributed by atoms with Gasteiger partial charge in [-0.1, -0.05) is 24.3 Å². The molecular formula is C16H11F3N2O2. The van der Waals surface area contributed by atoms with Crippen LogP contribution in [0.1, 0.15) is 12.0 Å². The monoisotopic (exact) mass is 320 g/mol. The third-order valence-corrected chi connectivity index (χ3v) is 3.32. The van der Waals surface area contributed by atoms with Gasteiger partial charge in [0.1, 0.15) is 12.4 Å². The molecule has 23 heavy (non-hydrogen) atoms. The van der Waals surface area contributed by atoms with Crippen LogP contribution in [-0.2, 0) is 4.74 Å². The Morgan fingerprint density at radius 1 is 1.13 bits per heavy atom. The van der Waals surface area contributed by atoms with E-state index < -0.39 is 18.3 Å². The molecule has 1 aliphatic heterocycles. The van der Waals surface area contributed by atoms with Crippen molar-refractivity contribution in [1.29, 1.82) is 0 Å². The number of ether oxygens (including phenoxy) is 1. The van der Waals surface area contributed by atoms with E-state index in [4.69, 9.17) is 4.74 Å². The summed E-state index contributed by atoms with van der Waals surface area (Å²) in [6.45, 7) is 0.0758. The predicted octanol–water partition coefficient (Wildman–Crippen LogP) is 4.37. The summed E-state index contributed by atoms with van der Waals surface area (Å²) < 4.78 is 44.2. The number of carbonyl (C=O) groups excluding carboxylic acids is 1. The van der Waals surface area contributed by atoms with Crippen LogP contribution in [0.25, 0.3) is 11.1 Å². The Kier molecular flexibility index (Phi) is 4.01. The second-order valence-electron chi connectivity index (χ2n) is 4.77. The normalized spacial score (nSPS) is 14.3. The minimum Gasteiger partial charge on any atom is -0.442 e. The molecule has 0 spiro atoms. The Bertz CT molecular complexity index is 760. The first-order valence-corrected chi connectivity index (χ1v) is 6.73. The maximum Gasteiger partial charge on any atom is 0.435 e. The van der Waals surface area contributed by atoms with Gasteiger partial charge in [0.05, 0.1) is 11.9 Å². The zero-order valence-electron chi connectivity index (χ0n) is 11.7. The second-order valence-corrected chi connectivity index (χ2v) is 4.77. The number of hydrazone groups is 1. The molecule has 0 atom stereocenters. The van der Waals surface area contributed by atoms with E-state index in [1.807, 2.05) is 0 Å². The maximum atomic E-state index is 14.3. The Hall–Kier alpha value is -2.83. The lowest BCUT2D eigenvalue weighted by Gasteiger charge is -2.20. The molecular weight excluding hydrogens is 309 g/mol. The van der Waals surface area contributed by atoms with Crippen molar-refractivity contribution in [2.24, 2.45) is 5.10 Å². The van der Waals surface area contributed by atoms with Gasteiger partial charge in [-0.15, -0.1) is 0 Å². The van der Waals surface area contributed by atoms with Gasteiger partial charge in [-0.3, -0.25) is 0 Å². The summed E-state index contributed by atoms with van der Waals surface area (Å²) >= 11 is 0. The molecule has 1 heterocycles. The number of carbonyl (C=O) groups is 1. The van der Waals surface area contributed by atoms with Crippen molar-refractivity contribution in [2.45, 2.75) is 6.43 Å². The average molecular weight is 320 g/mol. The lowest BCUT2D eigenvalue weighted by molar-refractivity contribution is 0.151. The Morgan fingerprint density at radius 2 is 1.87 bits per heavy atom. The van der Waals surface area contributed by atoms with E-state index in [1.165, 1.54) is 42.6 Å². The molecule has 0 saturated carbocycles. The number of nitrogens with zero attached hydrogens (tertiary/aromatic N) is 2. The van der Waals surface area contributed by atoms with Gasteiger partial charge in [-0.05, 0) is 17.7 Å². The van der Waals surface area contributed by atoms with Gasteiger partial charge in [0.2, 0.25) is 0 Å². The van der Waals surface area contributed by atoms with Crippen LogP contribution in [0.3, 0.4) is 0 Å². The molecule has 0 bridgehead atoms. The summed E-state index contributed by atoms with van der Waals surface area (Å²) in [7, 11) is 0. The lowest BCUT2D eigenvalue weighted by Crippen LogP contribution is -2.31. The number of benzene rings is 2. The van der Waals surface area contributed by atoms with Crippen molar-refractivity contribution in [3.63, 3.8) is 0 Å². The molecule has 0 unspecified atom stereocenters. The molecule has 0 fully saturated rings. The van der Waals surface area contributed by atoms with E-state index in [9.17, 15) is 18.0 Å². The van der Waals surface area contributed by atoms with E-state index >= 15 is 0 Å². The summed E-state index contributed by atoms with van der Waals surface area (Å²) in [6.07, 6.45) is -1.88. The molecule has 1 aliphatic rings. The number of cyclic esters (lactones) is 1. The topological polar surface area (TPSA) is 41.9 Å². The van der Waals surface area contributed by atoms with E-state index in [0.29, 0.717) is 5.56 Å². The fourth-order valence-electron chi connectivity index (χ4n) is 2.18. The first kappa shape index (κ1) is 15.1. The van der Waals surface area contributed by atoms with Gasteiger partial charge in [-0.25, -0.2) is 18.0 Å². The van der Waals surface area contributed by atoms with Crippen LogP contribution in [-0.4, -0.2) is 18.9 Å². The van der Waals surface area contributed by atoms with Crippen molar-refractivity contribution in [1.82, 2.24) is 0 Å². The highest BCUT2D eigenvalue weighted by atomic mass is 19.3. The summed E-state index contributed by atoms with van der Waals surface area (Å²) in [4.78, 5) is 11.6. The third kappa shape index (κ3) is 3.03.